The maximum absolute atomic E-state index is 6.15. The molecule has 2 heterocycles. The number of hydrogen-bond acceptors (Lipinski definition) is 3. The van der Waals surface area contributed by atoms with Crippen LogP contribution in [0.25, 0.3) is 0 Å². The maximum Gasteiger partial charge on any atom is 0.147 e. The molecule has 0 aromatic carbocycles. The van der Waals surface area contributed by atoms with Gasteiger partial charge < -0.3 is 4.74 Å². The Morgan fingerprint density at radius 2 is 2.22 bits per heavy atom. The van der Waals surface area contributed by atoms with Crippen LogP contribution in [0.5, 0.6) is 0 Å². The highest BCUT2D eigenvalue weighted by Gasteiger charge is 2.19. The van der Waals surface area contributed by atoms with Gasteiger partial charge in [-0.15, -0.1) is 0 Å². The van der Waals surface area contributed by atoms with E-state index in [1.807, 2.05) is 0 Å². The molecule has 3 nitrogen and oxygen atoms in total. The van der Waals surface area contributed by atoms with Gasteiger partial charge in [-0.25, -0.2) is 9.97 Å². The molecule has 100 valence electrons. The van der Waals surface area contributed by atoms with Crippen LogP contribution in [-0.4, -0.2) is 22.7 Å². The molecule has 0 aliphatic carbocycles. The maximum atomic E-state index is 6.15. The van der Waals surface area contributed by atoms with Crippen LogP contribution < -0.4 is 0 Å². The zero-order chi connectivity index (χ0) is 13.1. The first-order chi connectivity index (χ1) is 8.56. The molecule has 0 amide bonds. The van der Waals surface area contributed by atoms with Crippen molar-refractivity contribution in [1.82, 2.24) is 9.97 Å². The summed E-state index contributed by atoms with van der Waals surface area (Å²) in [6.45, 7) is 5.19. The zero-order valence-electron chi connectivity index (χ0n) is 10.7. The molecule has 1 unspecified atom stereocenters. The minimum Gasteiger partial charge on any atom is -0.378 e. The van der Waals surface area contributed by atoms with Gasteiger partial charge in [0.2, 0.25) is 0 Å². The lowest BCUT2D eigenvalue weighted by molar-refractivity contribution is 0.110. The predicted molar refractivity (Wildman–Crippen MR) is 76.0 cm³/mol. The normalized spacial score (nSPS) is 19.7. The van der Waals surface area contributed by atoms with Crippen molar-refractivity contribution < 1.29 is 4.74 Å². The van der Waals surface area contributed by atoms with Gasteiger partial charge in [0.05, 0.1) is 16.3 Å². The third-order valence-corrected chi connectivity index (χ3v) is 4.30. The van der Waals surface area contributed by atoms with Crippen LogP contribution in [0.4, 0.5) is 0 Å². The van der Waals surface area contributed by atoms with E-state index in [0.717, 1.165) is 48.3 Å². The fourth-order valence-corrected chi connectivity index (χ4v) is 2.68. The molecule has 1 aromatic rings. The van der Waals surface area contributed by atoms with E-state index in [2.05, 4.69) is 39.7 Å². The van der Waals surface area contributed by atoms with E-state index in [1.165, 1.54) is 0 Å². The van der Waals surface area contributed by atoms with Crippen LogP contribution in [0.15, 0.2) is 4.47 Å². The smallest absolute Gasteiger partial charge is 0.147 e. The van der Waals surface area contributed by atoms with Gasteiger partial charge in [0.25, 0.3) is 0 Å². The lowest BCUT2D eigenvalue weighted by atomic mass is 10.1. The van der Waals surface area contributed by atoms with Gasteiger partial charge in [-0.2, -0.15) is 0 Å². The lowest BCUT2D eigenvalue weighted by Gasteiger charge is -2.12. The van der Waals surface area contributed by atoms with Crippen LogP contribution in [0, 0.1) is 5.92 Å². The molecular formula is C13H18BrClN2O. The van der Waals surface area contributed by atoms with E-state index in [-0.39, 0.29) is 6.10 Å². The van der Waals surface area contributed by atoms with Crippen molar-refractivity contribution >= 4 is 27.5 Å². The Hall–Kier alpha value is -0.190. The Labute approximate surface area is 121 Å². The van der Waals surface area contributed by atoms with Crippen molar-refractivity contribution in [2.75, 3.05) is 6.61 Å². The molecule has 0 radical (unpaired) electrons. The second-order valence-corrected chi connectivity index (χ2v) is 6.28. The molecule has 1 fully saturated rings. The average Bonchev–Trinajstić information content (AvgIpc) is 2.77. The minimum atomic E-state index is 0.258. The van der Waals surface area contributed by atoms with Crippen molar-refractivity contribution in [3.8, 4) is 0 Å². The van der Waals surface area contributed by atoms with E-state index in [4.69, 9.17) is 16.3 Å². The van der Waals surface area contributed by atoms with Crippen molar-refractivity contribution in [2.45, 2.75) is 45.6 Å². The molecule has 1 aliphatic rings. The molecule has 1 saturated heterocycles. The zero-order valence-corrected chi connectivity index (χ0v) is 13.1. The van der Waals surface area contributed by atoms with E-state index in [1.54, 1.807) is 0 Å². The number of aromatic nitrogens is 2. The first kappa shape index (κ1) is 14.2. The molecule has 18 heavy (non-hydrogen) atoms. The van der Waals surface area contributed by atoms with Crippen LogP contribution in [0.2, 0.25) is 5.15 Å². The molecule has 0 N–H and O–H groups in total. The van der Waals surface area contributed by atoms with Crippen LogP contribution in [0.3, 0.4) is 0 Å². The summed E-state index contributed by atoms with van der Waals surface area (Å²) in [5.41, 5.74) is 0.998. The first-order valence-electron chi connectivity index (χ1n) is 6.38. The summed E-state index contributed by atoms with van der Waals surface area (Å²) in [6, 6.07) is 0. The first-order valence-corrected chi connectivity index (χ1v) is 7.55. The fourth-order valence-electron chi connectivity index (χ4n) is 2.13. The standard InChI is InChI=1S/C13H18BrClN2O/c1-8(2)6-10-12(14)13(15)17-11(16-10)7-9-4-3-5-18-9/h8-9H,3-7H2,1-2H3. The minimum absolute atomic E-state index is 0.258. The van der Waals surface area contributed by atoms with E-state index in [9.17, 15) is 0 Å². The van der Waals surface area contributed by atoms with Crippen molar-refractivity contribution in [3.05, 3.63) is 21.1 Å². The van der Waals surface area contributed by atoms with E-state index in [0.29, 0.717) is 11.1 Å². The SMILES string of the molecule is CC(C)Cc1nc(CC2CCCO2)nc(Cl)c1Br. The third kappa shape index (κ3) is 3.65. The average molecular weight is 334 g/mol. The summed E-state index contributed by atoms with van der Waals surface area (Å²) in [7, 11) is 0. The Bertz CT molecular complexity index is 420. The van der Waals surface area contributed by atoms with E-state index < -0.39 is 0 Å². The summed E-state index contributed by atoms with van der Waals surface area (Å²) in [5.74, 6) is 1.34. The van der Waals surface area contributed by atoms with Gasteiger partial charge in [0.15, 0.2) is 0 Å². The number of hydrogen-bond donors (Lipinski definition) is 0. The van der Waals surface area contributed by atoms with Crippen LogP contribution in [-0.2, 0) is 17.6 Å². The number of halogens is 2. The highest BCUT2D eigenvalue weighted by molar-refractivity contribution is 9.10. The molecule has 0 saturated carbocycles. The number of nitrogens with zero attached hydrogens (tertiary/aromatic N) is 2. The van der Waals surface area contributed by atoms with Gasteiger partial charge in [-0.05, 0) is 41.1 Å². The second-order valence-electron chi connectivity index (χ2n) is 5.13. The van der Waals surface area contributed by atoms with Crippen molar-refractivity contribution in [2.24, 2.45) is 5.92 Å². The summed E-state index contributed by atoms with van der Waals surface area (Å²) in [5, 5.41) is 0.508. The lowest BCUT2D eigenvalue weighted by Crippen LogP contribution is -2.13. The largest absolute Gasteiger partial charge is 0.378 e. The Kier molecular flexibility index (Phi) is 4.98. The molecule has 0 spiro atoms. The van der Waals surface area contributed by atoms with Gasteiger partial charge in [0, 0.05) is 13.0 Å². The van der Waals surface area contributed by atoms with Crippen LogP contribution >= 0.6 is 27.5 Å². The Balaban J connectivity index is 2.17. The summed E-state index contributed by atoms with van der Waals surface area (Å²) in [4.78, 5) is 8.95. The Morgan fingerprint density at radius 3 is 2.83 bits per heavy atom. The monoisotopic (exact) mass is 332 g/mol. The van der Waals surface area contributed by atoms with E-state index >= 15 is 0 Å². The van der Waals surface area contributed by atoms with Crippen molar-refractivity contribution in [3.63, 3.8) is 0 Å². The second kappa shape index (κ2) is 6.31. The topological polar surface area (TPSA) is 35.0 Å². The summed E-state index contributed by atoms with van der Waals surface area (Å²) >= 11 is 9.62. The summed E-state index contributed by atoms with van der Waals surface area (Å²) in [6.07, 6.45) is 4.15. The van der Waals surface area contributed by atoms with Crippen LogP contribution in [0.1, 0.15) is 38.2 Å². The molecule has 2 rings (SSSR count). The molecule has 1 atom stereocenters. The number of rotatable bonds is 4. The highest BCUT2D eigenvalue weighted by Crippen LogP contribution is 2.26. The van der Waals surface area contributed by atoms with Crippen molar-refractivity contribution in [1.29, 1.82) is 0 Å². The highest BCUT2D eigenvalue weighted by atomic mass is 79.9. The van der Waals surface area contributed by atoms with Gasteiger partial charge in [-0.1, -0.05) is 25.4 Å². The molecule has 1 aliphatic heterocycles. The quantitative estimate of drug-likeness (QED) is 0.786. The number of ether oxygens (including phenoxy) is 1. The molecule has 1 aromatic heterocycles. The molecule has 0 bridgehead atoms. The summed E-state index contributed by atoms with van der Waals surface area (Å²) < 4.78 is 6.44. The van der Waals surface area contributed by atoms with Gasteiger partial charge >= 0.3 is 0 Å². The molecule has 5 heteroatoms. The predicted octanol–water partition coefficient (Wildman–Crippen LogP) is 3.81. The third-order valence-electron chi connectivity index (χ3n) is 2.96. The fraction of sp³-hybridized carbons (Fsp3) is 0.692. The Morgan fingerprint density at radius 1 is 1.44 bits per heavy atom. The molecular weight excluding hydrogens is 316 g/mol. The van der Waals surface area contributed by atoms with Gasteiger partial charge in [-0.3, -0.25) is 0 Å². The van der Waals surface area contributed by atoms with Gasteiger partial charge in [0.1, 0.15) is 11.0 Å².